The first-order chi connectivity index (χ1) is 6.99. The van der Waals surface area contributed by atoms with E-state index in [0.29, 0.717) is 10.9 Å². The summed E-state index contributed by atoms with van der Waals surface area (Å²) in [6.45, 7) is 3.75. The van der Waals surface area contributed by atoms with E-state index in [9.17, 15) is 9.18 Å². The van der Waals surface area contributed by atoms with Crippen molar-refractivity contribution in [2.24, 2.45) is 0 Å². The first-order valence-corrected chi connectivity index (χ1v) is 5.40. The molecule has 1 aromatic rings. The quantitative estimate of drug-likeness (QED) is 0.767. The molecule has 3 heteroatoms. The van der Waals surface area contributed by atoms with Crippen molar-refractivity contribution in [3.8, 4) is 0 Å². The number of rotatable bonds is 3. The van der Waals surface area contributed by atoms with Crippen LogP contribution in [0.3, 0.4) is 0 Å². The predicted molar refractivity (Wildman–Crippen MR) is 62.2 cm³/mol. The number of allylic oxidation sites excluding steroid dienone is 2. The van der Waals surface area contributed by atoms with E-state index in [0.717, 1.165) is 11.1 Å². The van der Waals surface area contributed by atoms with Gasteiger partial charge in [-0.2, -0.15) is 0 Å². The van der Waals surface area contributed by atoms with Gasteiger partial charge in [0.15, 0.2) is 5.78 Å². The van der Waals surface area contributed by atoms with Crippen LogP contribution in [0.5, 0.6) is 0 Å². The highest BCUT2D eigenvalue weighted by atomic mass is 79.9. The van der Waals surface area contributed by atoms with Crippen molar-refractivity contribution < 1.29 is 9.18 Å². The highest BCUT2D eigenvalue weighted by Gasteiger charge is 2.05. The highest BCUT2D eigenvalue weighted by Crippen LogP contribution is 2.18. The molecule has 0 spiro atoms. The third kappa shape index (κ3) is 3.96. The van der Waals surface area contributed by atoms with Gasteiger partial charge in [-0.25, -0.2) is 4.39 Å². The fourth-order valence-corrected chi connectivity index (χ4v) is 1.72. The summed E-state index contributed by atoms with van der Waals surface area (Å²) >= 11 is 3.23. The molecule has 1 nitrogen and oxygen atoms in total. The van der Waals surface area contributed by atoms with E-state index in [1.807, 2.05) is 13.8 Å². The van der Waals surface area contributed by atoms with E-state index in [1.165, 1.54) is 12.1 Å². The van der Waals surface area contributed by atoms with Gasteiger partial charge in [0.2, 0.25) is 0 Å². The minimum Gasteiger partial charge on any atom is -0.294 e. The average Bonchev–Trinajstić information content (AvgIpc) is 2.08. The van der Waals surface area contributed by atoms with Crippen LogP contribution in [-0.4, -0.2) is 5.78 Å². The number of carbonyl (C=O) groups excluding carboxylic acids is 1. The number of benzene rings is 1. The number of hydrogen-bond acceptors (Lipinski definition) is 1. The van der Waals surface area contributed by atoms with Gasteiger partial charge in [0.1, 0.15) is 5.82 Å². The molecular weight excluding hydrogens is 259 g/mol. The van der Waals surface area contributed by atoms with Crippen LogP contribution < -0.4 is 0 Å². The zero-order valence-electron chi connectivity index (χ0n) is 8.68. The molecular formula is C12H12BrFO. The Morgan fingerprint density at radius 2 is 2.13 bits per heavy atom. The van der Waals surface area contributed by atoms with Gasteiger partial charge in [0, 0.05) is 10.9 Å². The Bertz CT molecular complexity index is 406. The van der Waals surface area contributed by atoms with Crippen molar-refractivity contribution in [3.05, 3.63) is 45.7 Å². The average molecular weight is 271 g/mol. The Balaban J connectivity index is 2.82. The summed E-state index contributed by atoms with van der Waals surface area (Å²) in [5, 5.41) is 0. The molecule has 0 aliphatic heterocycles. The topological polar surface area (TPSA) is 17.1 Å². The van der Waals surface area contributed by atoms with Crippen LogP contribution in [-0.2, 0) is 11.2 Å². The summed E-state index contributed by atoms with van der Waals surface area (Å²) in [5.74, 6) is -0.275. The zero-order chi connectivity index (χ0) is 11.4. The Hall–Kier alpha value is -0.960. The van der Waals surface area contributed by atoms with Crippen LogP contribution >= 0.6 is 15.9 Å². The smallest absolute Gasteiger partial charge is 0.160 e. The van der Waals surface area contributed by atoms with Crippen molar-refractivity contribution in [3.63, 3.8) is 0 Å². The van der Waals surface area contributed by atoms with Gasteiger partial charge in [-0.05, 0) is 37.6 Å². The lowest BCUT2D eigenvalue weighted by Gasteiger charge is -2.02. The molecule has 0 unspecified atom stereocenters. The van der Waals surface area contributed by atoms with E-state index in [-0.39, 0.29) is 11.6 Å². The first kappa shape index (κ1) is 12.1. The van der Waals surface area contributed by atoms with Gasteiger partial charge in [-0.15, -0.1) is 0 Å². The van der Waals surface area contributed by atoms with Gasteiger partial charge in [-0.3, -0.25) is 4.79 Å². The molecule has 0 aliphatic carbocycles. The van der Waals surface area contributed by atoms with E-state index < -0.39 is 0 Å². The lowest BCUT2D eigenvalue weighted by atomic mass is 10.1. The molecule has 0 fully saturated rings. The Morgan fingerprint density at radius 3 is 2.67 bits per heavy atom. The molecule has 80 valence electrons. The van der Waals surface area contributed by atoms with Crippen molar-refractivity contribution in [1.82, 2.24) is 0 Å². The second-order valence-electron chi connectivity index (χ2n) is 3.60. The standard InChI is InChI=1S/C12H12BrFO/c1-8(2)5-11(15)6-9-3-4-10(14)7-12(9)13/h3-5,7H,6H2,1-2H3. The van der Waals surface area contributed by atoms with Crippen molar-refractivity contribution >= 4 is 21.7 Å². The molecule has 0 saturated carbocycles. The van der Waals surface area contributed by atoms with E-state index in [2.05, 4.69) is 15.9 Å². The number of ketones is 1. The van der Waals surface area contributed by atoms with Gasteiger partial charge in [-0.1, -0.05) is 27.6 Å². The summed E-state index contributed by atoms with van der Waals surface area (Å²) in [7, 11) is 0. The highest BCUT2D eigenvalue weighted by molar-refractivity contribution is 9.10. The Morgan fingerprint density at radius 1 is 1.47 bits per heavy atom. The molecule has 1 aromatic carbocycles. The maximum absolute atomic E-state index is 12.8. The summed E-state index contributed by atoms with van der Waals surface area (Å²) in [6.07, 6.45) is 1.89. The van der Waals surface area contributed by atoms with Crippen molar-refractivity contribution in [2.75, 3.05) is 0 Å². The summed E-state index contributed by atoms with van der Waals surface area (Å²) in [4.78, 5) is 11.5. The van der Waals surface area contributed by atoms with Gasteiger partial charge in [0.05, 0.1) is 0 Å². The second kappa shape index (κ2) is 5.21. The molecule has 0 aliphatic rings. The summed E-state index contributed by atoms with van der Waals surface area (Å²) < 4.78 is 13.4. The third-order valence-electron chi connectivity index (χ3n) is 1.83. The fourth-order valence-electron chi connectivity index (χ4n) is 1.23. The van der Waals surface area contributed by atoms with E-state index in [1.54, 1.807) is 12.1 Å². The second-order valence-corrected chi connectivity index (χ2v) is 4.45. The molecule has 0 radical (unpaired) electrons. The fraction of sp³-hybridized carbons (Fsp3) is 0.250. The van der Waals surface area contributed by atoms with E-state index >= 15 is 0 Å². The maximum atomic E-state index is 12.8. The molecule has 0 saturated heterocycles. The number of halogens is 2. The van der Waals surface area contributed by atoms with Crippen LogP contribution in [0.1, 0.15) is 19.4 Å². The van der Waals surface area contributed by atoms with Crippen LogP contribution in [0.15, 0.2) is 34.3 Å². The summed E-state index contributed by atoms with van der Waals surface area (Å²) in [5.41, 5.74) is 1.78. The molecule has 0 heterocycles. The normalized spacial score (nSPS) is 9.87. The van der Waals surface area contributed by atoms with E-state index in [4.69, 9.17) is 0 Å². The van der Waals surface area contributed by atoms with Crippen LogP contribution in [0, 0.1) is 5.82 Å². The van der Waals surface area contributed by atoms with Crippen molar-refractivity contribution in [2.45, 2.75) is 20.3 Å². The maximum Gasteiger partial charge on any atom is 0.160 e. The molecule has 0 atom stereocenters. The molecule has 0 bridgehead atoms. The van der Waals surface area contributed by atoms with Gasteiger partial charge in [0.25, 0.3) is 0 Å². The van der Waals surface area contributed by atoms with Gasteiger partial charge >= 0.3 is 0 Å². The molecule has 1 rings (SSSR count). The minimum absolute atomic E-state index is 0.0299. The Labute approximate surface area is 97.1 Å². The molecule has 15 heavy (non-hydrogen) atoms. The minimum atomic E-state index is -0.305. The monoisotopic (exact) mass is 270 g/mol. The molecule has 0 aromatic heterocycles. The SMILES string of the molecule is CC(C)=CC(=O)Cc1ccc(F)cc1Br. The largest absolute Gasteiger partial charge is 0.294 e. The van der Waals surface area contributed by atoms with Crippen LogP contribution in [0.25, 0.3) is 0 Å². The third-order valence-corrected chi connectivity index (χ3v) is 2.57. The van der Waals surface area contributed by atoms with Crippen LogP contribution in [0.2, 0.25) is 0 Å². The lowest BCUT2D eigenvalue weighted by molar-refractivity contribution is -0.114. The summed E-state index contributed by atoms with van der Waals surface area (Å²) in [6, 6.07) is 4.34. The zero-order valence-corrected chi connectivity index (χ0v) is 10.3. The van der Waals surface area contributed by atoms with Crippen LogP contribution in [0.4, 0.5) is 4.39 Å². The number of carbonyl (C=O) groups is 1. The van der Waals surface area contributed by atoms with Crippen molar-refractivity contribution in [1.29, 1.82) is 0 Å². The molecule has 0 N–H and O–H groups in total. The van der Waals surface area contributed by atoms with Gasteiger partial charge < -0.3 is 0 Å². The number of hydrogen-bond donors (Lipinski definition) is 0. The first-order valence-electron chi connectivity index (χ1n) is 4.60. The lowest BCUT2D eigenvalue weighted by Crippen LogP contribution is -2.00. The molecule has 0 amide bonds. The predicted octanol–water partition coefficient (Wildman–Crippen LogP) is 3.67. The Kier molecular flexibility index (Phi) is 4.21.